The Morgan fingerprint density at radius 2 is 1.62 bits per heavy atom. The van der Waals surface area contributed by atoms with Crippen LogP contribution in [0.3, 0.4) is 0 Å². The molecule has 0 aliphatic carbocycles. The van der Waals surface area contributed by atoms with Crippen LogP contribution < -0.4 is 24.8 Å². The summed E-state index contributed by atoms with van der Waals surface area (Å²) < 4.78 is 28.2. The van der Waals surface area contributed by atoms with Crippen LogP contribution in [0.4, 0.5) is 15.8 Å². The van der Waals surface area contributed by atoms with Crippen LogP contribution in [0.1, 0.15) is 10.4 Å². The first-order valence-corrected chi connectivity index (χ1v) is 12.5. The lowest BCUT2D eigenvalue weighted by Crippen LogP contribution is -2.28. The number of hydrogen-bond acceptors (Lipinski definition) is 6. The Morgan fingerprint density at radius 1 is 0.838 bits per heavy atom. The number of nitrogens with one attached hydrogen (secondary N) is 3. The number of hydrogen-bond donors (Lipinski definition) is 3. The molecule has 0 fully saturated rings. The van der Waals surface area contributed by atoms with E-state index in [0.29, 0.717) is 35.7 Å². The first-order chi connectivity index (χ1) is 18.1. The number of carbonyl (C=O) groups is 1. The molecule has 0 radical (unpaired) electrons. The highest BCUT2D eigenvalue weighted by Gasteiger charge is 2.10. The fourth-order valence-corrected chi connectivity index (χ4v) is 4.45. The summed E-state index contributed by atoms with van der Waals surface area (Å²) in [4.78, 5) is 13.1. The van der Waals surface area contributed by atoms with Gasteiger partial charge in [-0.3, -0.25) is 4.79 Å². The Bertz CT molecular complexity index is 1350. The smallest absolute Gasteiger partial charge is 0.251 e. The molecule has 190 valence electrons. The molecule has 4 aromatic carbocycles. The molecule has 8 heteroatoms. The van der Waals surface area contributed by atoms with Crippen molar-refractivity contribution in [2.45, 2.75) is 4.90 Å². The molecule has 3 N–H and O–H groups in total. The van der Waals surface area contributed by atoms with Crippen molar-refractivity contribution >= 4 is 29.2 Å². The minimum Gasteiger partial charge on any atom is -0.497 e. The van der Waals surface area contributed by atoms with Crippen molar-refractivity contribution in [3.05, 3.63) is 102 Å². The molecule has 4 aromatic rings. The summed E-state index contributed by atoms with van der Waals surface area (Å²) in [5, 5.41) is 6.22. The first-order valence-electron chi connectivity index (χ1n) is 11.7. The summed E-state index contributed by atoms with van der Waals surface area (Å²) in [5.74, 6) is 0.999. The van der Waals surface area contributed by atoms with Gasteiger partial charge in [0.15, 0.2) is 0 Å². The highest BCUT2D eigenvalue weighted by molar-refractivity contribution is 8.00. The summed E-state index contributed by atoms with van der Waals surface area (Å²) in [5.41, 5.74) is 3.69. The number of rotatable bonds is 11. The van der Waals surface area contributed by atoms with E-state index in [1.54, 1.807) is 50.6 Å². The average molecular weight is 518 g/mol. The van der Waals surface area contributed by atoms with Crippen LogP contribution >= 0.6 is 11.9 Å². The third-order valence-electron chi connectivity index (χ3n) is 5.58. The fraction of sp³-hybridized carbons (Fsp3) is 0.138. The molecule has 1 amide bonds. The summed E-state index contributed by atoms with van der Waals surface area (Å²) >= 11 is 1.39. The van der Waals surface area contributed by atoms with Gasteiger partial charge >= 0.3 is 0 Å². The van der Waals surface area contributed by atoms with Crippen LogP contribution in [-0.2, 0) is 0 Å². The number of carbonyl (C=O) groups excluding carboxylic acids is 1. The fourth-order valence-electron chi connectivity index (χ4n) is 3.65. The van der Waals surface area contributed by atoms with E-state index in [9.17, 15) is 9.18 Å². The number of ether oxygens (including phenoxy) is 2. The maximum absolute atomic E-state index is 14.3. The van der Waals surface area contributed by atoms with Gasteiger partial charge in [-0.05, 0) is 78.2 Å². The zero-order chi connectivity index (χ0) is 26.0. The molecule has 0 unspecified atom stereocenters. The van der Waals surface area contributed by atoms with Crippen LogP contribution in [0.15, 0.2) is 95.9 Å². The molecule has 0 saturated heterocycles. The van der Waals surface area contributed by atoms with Crippen LogP contribution in [-0.4, -0.2) is 33.2 Å². The summed E-state index contributed by atoms with van der Waals surface area (Å²) in [6.45, 7) is 1.04. The second-order valence-electron chi connectivity index (χ2n) is 8.04. The van der Waals surface area contributed by atoms with Crippen LogP contribution in [0.25, 0.3) is 11.1 Å². The van der Waals surface area contributed by atoms with Crippen LogP contribution in [0.2, 0.25) is 0 Å². The van der Waals surface area contributed by atoms with Gasteiger partial charge in [0.25, 0.3) is 5.91 Å². The van der Waals surface area contributed by atoms with E-state index in [0.717, 1.165) is 21.8 Å². The number of benzene rings is 4. The van der Waals surface area contributed by atoms with Gasteiger partial charge < -0.3 is 24.8 Å². The van der Waals surface area contributed by atoms with E-state index in [1.807, 2.05) is 48.5 Å². The van der Waals surface area contributed by atoms with E-state index in [2.05, 4.69) is 15.4 Å². The van der Waals surface area contributed by atoms with Crippen molar-refractivity contribution in [2.24, 2.45) is 0 Å². The lowest BCUT2D eigenvalue weighted by molar-refractivity contribution is 0.0955. The highest BCUT2D eigenvalue weighted by atomic mass is 32.2. The quantitative estimate of drug-likeness (QED) is 0.156. The number of anilines is 2. The monoisotopic (exact) mass is 517 g/mol. The van der Waals surface area contributed by atoms with Gasteiger partial charge in [-0.1, -0.05) is 30.3 Å². The van der Waals surface area contributed by atoms with Gasteiger partial charge in [-0.2, -0.15) is 0 Å². The second kappa shape index (κ2) is 12.7. The summed E-state index contributed by atoms with van der Waals surface area (Å²) in [6, 6.07) is 27.1. The number of amides is 1. The molecule has 0 spiro atoms. The van der Waals surface area contributed by atoms with E-state index in [4.69, 9.17) is 9.47 Å². The van der Waals surface area contributed by atoms with Crippen molar-refractivity contribution in [1.29, 1.82) is 0 Å². The Hall–Kier alpha value is -4.17. The zero-order valence-corrected chi connectivity index (χ0v) is 21.4. The van der Waals surface area contributed by atoms with Gasteiger partial charge in [0.1, 0.15) is 17.3 Å². The van der Waals surface area contributed by atoms with Crippen LogP contribution in [0.5, 0.6) is 11.5 Å². The molecular formula is C29H28FN3O3S. The van der Waals surface area contributed by atoms with Gasteiger partial charge in [0.2, 0.25) is 0 Å². The Labute approximate surface area is 220 Å². The predicted octanol–water partition coefficient (Wildman–Crippen LogP) is 6.47. The lowest BCUT2D eigenvalue weighted by Gasteiger charge is -2.13. The van der Waals surface area contributed by atoms with Gasteiger partial charge in [-0.15, -0.1) is 0 Å². The average Bonchev–Trinajstić information content (AvgIpc) is 2.94. The molecular weight excluding hydrogens is 489 g/mol. The topological polar surface area (TPSA) is 71.6 Å². The SMILES string of the molecule is COc1ccc(C(=O)NCCNc2cccc(NSc3cc(-c4ccccc4F)ccc3OC)c2)cc1. The molecule has 37 heavy (non-hydrogen) atoms. The molecule has 4 rings (SSSR count). The van der Waals surface area contributed by atoms with Gasteiger partial charge in [0.05, 0.1) is 19.1 Å². The standard InChI is InChI=1S/C29H28FN3O3S/c1-35-24-13-10-20(11-14-24)29(34)32-17-16-31-22-6-5-7-23(19-22)33-37-28-18-21(12-15-27(28)36-2)25-8-3-4-9-26(25)30/h3-15,18-19,31,33H,16-17H2,1-2H3,(H,32,34). The van der Waals surface area contributed by atoms with Gasteiger partial charge in [-0.25, -0.2) is 4.39 Å². The van der Waals surface area contributed by atoms with E-state index in [1.165, 1.54) is 18.0 Å². The normalized spacial score (nSPS) is 10.5. The predicted molar refractivity (Wildman–Crippen MR) is 148 cm³/mol. The minimum atomic E-state index is -0.268. The van der Waals surface area contributed by atoms with E-state index < -0.39 is 0 Å². The van der Waals surface area contributed by atoms with Crippen molar-refractivity contribution < 1.29 is 18.7 Å². The Balaban J connectivity index is 1.32. The molecule has 0 aromatic heterocycles. The molecule has 0 aliphatic rings. The molecule has 0 atom stereocenters. The third-order valence-corrected chi connectivity index (χ3v) is 6.46. The molecule has 0 aliphatic heterocycles. The largest absolute Gasteiger partial charge is 0.497 e. The van der Waals surface area contributed by atoms with Gasteiger partial charge in [0, 0.05) is 35.6 Å². The third kappa shape index (κ3) is 6.95. The van der Waals surface area contributed by atoms with Crippen molar-refractivity contribution in [3.8, 4) is 22.6 Å². The van der Waals surface area contributed by atoms with Crippen molar-refractivity contribution in [2.75, 3.05) is 37.3 Å². The maximum Gasteiger partial charge on any atom is 0.251 e. The number of methoxy groups -OCH3 is 2. The van der Waals surface area contributed by atoms with E-state index in [-0.39, 0.29) is 11.7 Å². The molecule has 0 saturated carbocycles. The minimum absolute atomic E-state index is 0.136. The maximum atomic E-state index is 14.3. The molecule has 0 bridgehead atoms. The Morgan fingerprint density at radius 3 is 2.38 bits per heavy atom. The highest BCUT2D eigenvalue weighted by Crippen LogP contribution is 2.35. The van der Waals surface area contributed by atoms with E-state index >= 15 is 0 Å². The summed E-state index contributed by atoms with van der Waals surface area (Å²) in [6.07, 6.45) is 0. The summed E-state index contributed by atoms with van der Waals surface area (Å²) in [7, 11) is 3.20. The van der Waals surface area contributed by atoms with Crippen LogP contribution in [0, 0.1) is 5.82 Å². The first kappa shape index (κ1) is 25.9. The molecule has 0 heterocycles. The Kier molecular flexibility index (Phi) is 8.89. The second-order valence-corrected chi connectivity index (χ2v) is 8.89. The lowest BCUT2D eigenvalue weighted by atomic mass is 10.1. The molecule has 6 nitrogen and oxygen atoms in total. The number of halogens is 1. The van der Waals surface area contributed by atoms with Crippen molar-refractivity contribution in [3.63, 3.8) is 0 Å². The zero-order valence-electron chi connectivity index (χ0n) is 20.6. The van der Waals surface area contributed by atoms with Crippen molar-refractivity contribution in [1.82, 2.24) is 5.32 Å².